The zero-order valence-corrected chi connectivity index (χ0v) is 15.1. The van der Waals surface area contributed by atoms with Crippen LogP contribution in [0.3, 0.4) is 0 Å². The lowest BCUT2D eigenvalue weighted by atomic mass is 9.83. The molecule has 0 atom stereocenters. The summed E-state index contributed by atoms with van der Waals surface area (Å²) < 4.78 is 0. The van der Waals surface area contributed by atoms with Crippen molar-refractivity contribution in [2.24, 2.45) is 5.41 Å². The Kier molecular flexibility index (Phi) is 4.06. The van der Waals surface area contributed by atoms with Gasteiger partial charge in [0.05, 0.1) is 16.9 Å². The lowest BCUT2D eigenvalue weighted by Gasteiger charge is -2.49. The van der Waals surface area contributed by atoms with Crippen LogP contribution in [0.15, 0.2) is 24.3 Å². The number of para-hydroxylation sites is 2. The molecule has 1 fully saturated rings. The van der Waals surface area contributed by atoms with E-state index < -0.39 is 0 Å². The number of carbonyl (C=O) groups excluding carboxylic acids is 2. The van der Waals surface area contributed by atoms with E-state index in [1.807, 2.05) is 54.8 Å². The molecule has 0 unspecified atom stereocenters. The maximum atomic E-state index is 12.5. The Morgan fingerprint density at radius 1 is 1.12 bits per heavy atom. The third-order valence-electron chi connectivity index (χ3n) is 5.08. The third kappa shape index (κ3) is 2.99. The molecule has 1 aromatic carbocycles. The van der Waals surface area contributed by atoms with E-state index in [4.69, 9.17) is 0 Å². The van der Waals surface area contributed by atoms with Gasteiger partial charge in [-0.25, -0.2) is 0 Å². The maximum Gasteiger partial charge on any atom is 0.227 e. The average Bonchev–Trinajstić information content (AvgIpc) is 2.53. The van der Waals surface area contributed by atoms with Crippen molar-refractivity contribution in [2.45, 2.75) is 46.1 Å². The van der Waals surface area contributed by atoms with Gasteiger partial charge in [-0.05, 0) is 25.0 Å². The van der Waals surface area contributed by atoms with Crippen molar-refractivity contribution in [3.05, 3.63) is 24.3 Å². The van der Waals surface area contributed by atoms with Gasteiger partial charge in [0.2, 0.25) is 11.8 Å². The average molecular weight is 329 g/mol. The molecule has 1 aromatic rings. The number of hydrogen-bond acceptors (Lipinski definition) is 3. The lowest BCUT2D eigenvalue weighted by molar-refractivity contribution is -0.141. The molecule has 130 valence electrons. The van der Waals surface area contributed by atoms with Gasteiger partial charge in [0.15, 0.2) is 0 Å². The van der Waals surface area contributed by atoms with Crippen molar-refractivity contribution in [3.8, 4) is 0 Å². The summed E-state index contributed by atoms with van der Waals surface area (Å²) in [6, 6.07) is 7.95. The standard InChI is InChI=1S/C19H27N3O2/c1-14(23)22-13-19(20-15-7-5-6-8-16(15)22)9-11-21(12-10-19)17(24)18(2,3)4/h5-8,20H,9-13H2,1-4H3. The molecule has 2 aliphatic heterocycles. The predicted octanol–water partition coefficient (Wildman–Crippen LogP) is 2.87. The van der Waals surface area contributed by atoms with Crippen LogP contribution >= 0.6 is 0 Å². The van der Waals surface area contributed by atoms with Gasteiger partial charge >= 0.3 is 0 Å². The maximum absolute atomic E-state index is 12.5. The van der Waals surface area contributed by atoms with E-state index in [1.54, 1.807) is 6.92 Å². The molecule has 5 nitrogen and oxygen atoms in total. The van der Waals surface area contributed by atoms with E-state index in [0.29, 0.717) is 6.54 Å². The van der Waals surface area contributed by atoms with Crippen molar-refractivity contribution in [1.29, 1.82) is 0 Å². The molecule has 2 amide bonds. The zero-order valence-electron chi connectivity index (χ0n) is 15.1. The highest BCUT2D eigenvalue weighted by Gasteiger charge is 2.42. The highest BCUT2D eigenvalue weighted by atomic mass is 16.2. The molecule has 0 bridgehead atoms. The van der Waals surface area contributed by atoms with Crippen LogP contribution in [0.2, 0.25) is 0 Å². The summed E-state index contributed by atoms with van der Waals surface area (Å²) in [6.07, 6.45) is 1.71. The number of rotatable bonds is 0. The number of piperidine rings is 1. The fraction of sp³-hybridized carbons (Fsp3) is 0.579. The molecule has 2 heterocycles. The largest absolute Gasteiger partial charge is 0.376 e. The minimum atomic E-state index is -0.345. The number of benzene rings is 1. The number of anilines is 2. The molecule has 0 aliphatic carbocycles. The fourth-order valence-electron chi connectivity index (χ4n) is 3.70. The number of likely N-dealkylation sites (tertiary alicyclic amines) is 1. The van der Waals surface area contributed by atoms with Crippen molar-refractivity contribution in [2.75, 3.05) is 29.9 Å². The predicted molar refractivity (Wildman–Crippen MR) is 96.1 cm³/mol. The quantitative estimate of drug-likeness (QED) is 0.796. The van der Waals surface area contributed by atoms with Crippen molar-refractivity contribution < 1.29 is 9.59 Å². The Balaban J connectivity index is 1.79. The molecule has 1 spiro atoms. The fourth-order valence-corrected chi connectivity index (χ4v) is 3.70. The third-order valence-corrected chi connectivity index (χ3v) is 5.08. The van der Waals surface area contributed by atoms with Gasteiger partial charge in [-0.2, -0.15) is 0 Å². The summed E-state index contributed by atoms with van der Waals surface area (Å²) >= 11 is 0. The van der Waals surface area contributed by atoms with Crippen LogP contribution < -0.4 is 10.2 Å². The highest BCUT2D eigenvalue weighted by Crippen LogP contribution is 2.39. The zero-order chi connectivity index (χ0) is 17.5. The summed E-state index contributed by atoms with van der Waals surface area (Å²) in [4.78, 5) is 28.5. The highest BCUT2D eigenvalue weighted by molar-refractivity contribution is 5.96. The van der Waals surface area contributed by atoms with Crippen LogP contribution in [0.1, 0.15) is 40.5 Å². The number of hydrogen-bond donors (Lipinski definition) is 1. The normalized spacial score (nSPS) is 19.7. The smallest absolute Gasteiger partial charge is 0.227 e. The molecule has 1 saturated heterocycles. The summed E-state index contributed by atoms with van der Waals surface area (Å²) in [5.41, 5.74) is 1.47. The molecule has 0 saturated carbocycles. The monoisotopic (exact) mass is 329 g/mol. The van der Waals surface area contributed by atoms with Crippen molar-refractivity contribution >= 4 is 23.2 Å². The van der Waals surface area contributed by atoms with Crippen LogP contribution in [0.5, 0.6) is 0 Å². The van der Waals surface area contributed by atoms with Crippen LogP contribution in [0, 0.1) is 5.41 Å². The number of amides is 2. The summed E-state index contributed by atoms with van der Waals surface area (Å²) in [5.74, 6) is 0.272. The molecule has 5 heteroatoms. The Labute approximate surface area is 144 Å². The van der Waals surface area contributed by atoms with E-state index in [-0.39, 0.29) is 22.8 Å². The second kappa shape index (κ2) is 5.80. The van der Waals surface area contributed by atoms with E-state index in [9.17, 15) is 9.59 Å². The van der Waals surface area contributed by atoms with Crippen LogP contribution in [0.25, 0.3) is 0 Å². The van der Waals surface area contributed by atoms with E-state index in [1.165, 1.54) is 0 Å². The first kappa shape index (κ1) is 16.8. The van der Waals surface area contributed by atoms with Crippen molar-refractivity contribution in [1.82, 2.24) is 4.90 Å². The second-order valence-electron chi connectivity index (χ2n) is 8.07. The topological polar surface area (TPSA) is 52.7 Å². The molecule has 3 rings (SSSR count). The van der Waals surface area contributed by atoms with Crippen LogP contribution in [0.4, 0.5) is 11.4 Å². The second-order valence-corrected chi connectivity index (χ2v) is 8.07. The van der Waals surface area contributed by atoms with Crippen LogP contribution in [-0.4, -0.2) is 41.9 Å². The Hall–Kier alpha value is -2.04. The van der Waals surface area contributed by atoms with Gasteiger partial charge in [0.25, 0.3) is 0 Å². The Morgan fingerprint density at radius 2 is 1.75 bits per heavy atom. The molecule has 2 aliphatic rings. The van der Waals surface area contributed by atoms with Crippen molar-refractivity contribution in [3.63, 3.8) is 0 Å². The van der Waals surface area contributed by atoms with E-state index >= 15 is 0 Å². The van der Waals surface area contributed by atoms with E-state index in [2.05, 4.69) is 5.32 Å². The number of nitrogens with zero attached hydrogens (tertiary/aromatic N) is 2. The first-order valence-electron chi connectivity index (χ1n) is 8.67. The number of carbonyl (C=O) groups is 2. The first-order valence-corrected chi connectivity index (χ1v) is 8.67. The molecule has 0 radical (unpaired) electrons. The first-order chi connectivity index (χ1) is 11.2. The number of fused-ring (bicyclic) bond motifs is 1. The van der Waals surface area contributed by atoms with Gasteiger partial charge in [-0.3, -0.25) is 9.59 Å². The summed E-state index contributed by atoms with van der Waals surface area (Å²) in [6.45, 7) is 9.64. The number of nitrogens with one attached hydrogen (secondary N) is 1. The molecule has 24 heavy (non-hydrogen) atoms. The Bertz CT molecular complexity index is 655. The Morgan fingerprint density at radius 3 is 2.33 bits per heavy atom. The molecule has 0 aromatic heterocycles. The summed E-state index contributed by atoms with van der Waals surface area (Å²) in [7, 11) is 0. The minimum Gasteiger partial charge on any atom is -0.376 e. The lowest BCUT2D eigenvalue weighted by Crippen LogP contribution is -2.60. The van der Waals surface area contributed by atoms with Gasteiger partial charge in [0, 0.05) is 32.0 Å². The SMILES string of the molecule is CC(=O)N1CC2(CCN(C(=O)C(C)(C)C)CC2)Nc2ccccc21. The molecule has 1 N–H and O–H groups in total. The van der Waals surface area contributed by atoms with Gasteiger partial charge in [-0.1, -0.05) is 32.9 Å². The minimum absolute atomic E-state index is 0.0662. The van der Waals surface area contributed by atoms with Gasteiger partial charge in [-0.15, -0.1) is 0 Å². The van der Waals surface area contributed by atoms with Crippen LogP contribution in [-0.2, 0) is 9.59 Å². The molecular weight excluding hydrogens is 302 g/mol. The van der Waals surface area contributed by atoms with E-state index in [0.717, 1.165) is 37.3 Å². The van der Waals surface area contributed by atoms with Gasteiger partial charge in [0.1, 0.15) is 0 Å². The summed E-state index contributed by atoms with van der Waals surface area (Å²) in [5, 5.41) is 3.66. The van der Waals surface area contributed by atoms with Gasteiger partial charge < -0.3 is 15.1 Å². The molecular formula is C19H27N3O2.